The summed E-state index contributed by atoms with van der Waals surface area (Å²) >= 11 is 0. The number of aliphatic hydroxyl groups excluding tert-OH is 1. The molecule has 0 bridgehead atoms. The van der Waals surface area contributed by atoms with Gasteiger partial charge in [0.25, 0.3) is 0 Å². The third kappa shape index (κ3) is 3.38. The van der Waals surface area contributed by atoms with E-state index in [0.717, 1.165) is 25.7 Å². The summed E-state index contributed by atoms with van der Waals surface area (Å²) in [5, 5.41) is 15.0. The lowest BCUT2D eigenvalue weighted by Gasteiger charge is -2.28. The van der Waals surface area contributed by atoms with Gasteiger partial charge in [-0.1, -0.05) is 18.9 Å². The molecule has 1 aliphatic carbocycles. The number of aliphatic hydroxyl groups is 1. The van der Waals surface area contributed by atoms with E-state index in [4.69, 9.17) is 0 Å². The van der Waals surface area contributed by atoms with Crippen LogP contribution in [-0.4, -0.2) is 29.8 Å². The van der Waals surface area contributed by atoms with E-state index in [1.165, 1.54) is 0 Å². The number of urea groups is 1. The number of rotatable bonds is 3. The number of amides is 2. The zero-order valence-electron chi connectivity index (χ0n) is 8.33. The molecule has 1 aliphatic rings. The van der Waals surface area contributed by atoms with Crippen LogP contribution in [0.3, 0.4) is 0 Å². The molecule has 0 spiro atoms. The highest BCUT2D eigenvalue weighted by Crippen LogP contribution is 2.17. The fraction of sp³-hybridized carbons (Fsp3) is 0.700. The monoisotopic (exact) mass is 198 g/mol. The fourth-order valence-corrected chi connectivity index (χ4v) is 1.66. The maximum absolute atomic E-state index is 11.2. The Morgan fingerprint density at radius 2 is 2.21 bits per heavy atom. The molecule has 2 atom stereocenters. The molecule has 1 saturated carbocycles. The third-order valence-corrected chi connectivity index (χ3v) is 2.45. The predicted molar refractivity (Wildman–Crippen MR) is 55.0 cm³/mol. The van der Waals surface area contributed by atoms with E-state index >= 15 is 0 Å². The van der Waals surface area contributed by atoms with E-state index in [1.807, 2.05) is 0 Å². The van der Waals surface area contributed by atoms with Gasteiger partial charge in [-0.15, -0.1) is 6.58 Å². The second-order valence-electron chi connectivity index (χ2n) is 3.60. The van der Waals surface area contributed by atoms with Crippen LogP contribution in [0.25, 0.3) is 0 Å². The summed E-state index contributed by atoms with van der Waals surface area (Å²) < 4.78 is 0. The minimum Gasteiger partial charge on any atom is -0.391 e. The first kappa shape index (κ1) is 11.0. The minimum absolute atomic E-state index is 0.0893. The SMILES string of the molecule is C=CCNC(=O)NC1CCCCC1O. The van der Waals surface area contributed by atoms with Crippen molar-refractivity contribution in [2.24, 2.45) is 0 Å². The van der Waals surface area contributed by atoms with Crippen LogP contribution in [-0.2, 0) is 0 Å². The molecule has 3 N–H and O–H groups in total. The summed E-state index contributed by atoms with van der Waals surface area (Å²) in [6.45, 7) is 3.96. The molecule has 0 heterocycles. The van der Waals surface area contributed by atoms with Crippen molar-refractivity contribution >= 4 is 6.03 Å². The molecule has 0 aliphatic heterocycles. The first-order valence-corrected chi connectivity index (χ1v) is 5.07. The molecule has 14 heavy (non-hydrogen) atoms. The van der Waals surface area contributed by atoms with Crippen molar-refractivity contribution in [1.29, 1.82) is 0 Å². The van der Waals surface area contributed by atoms with E-state index in [9.17, 15) is 9.90 Å². The Bertz CT molecular complexity index is 206. The lowest BCUT2D eigenvalue weighted by Crippen LogP contribution is -2.48. The normalized spacial score (nSPS) is 26.6. The van der Waals surface area contributed by atoms with Crippen LogP contribution in [0.2, 0.25) is 0 Å². The molecular formula is C10H18N2O2. The summed E-state index contributed by atoms with van der Waals surface area (Å²) in [6, 6.07) is -0.315. The number of carbonyl (C=O) groups excluding carboxylic acids is 1. The number of hydrogen-bond donors (Lipinski definition) is 3. The summed E-state index contributed by atoms with van der Waals surface area (Å²) in [4.78, 5) is 11.2. The molecule has 0 aromatic rings. The average molecular weight is 198 g/mol. The lowest BCUT2D eigenvalue weighted by atomic mass is 9.93. The molecule has 0 aromatic carbocycles. The molecule has 4 nitrogen and oxygen atoms in total. The van der Waals surface area contributed by atoms with Crippen LogP contribution in [0.5, 0.6) is 0 Å². The standard InChI is InChI=1S/C10H18N2O2/c1-2-7-11-10(14)12-8-5-3-4-6-9(8)13/h2,8-9,13H,1,3-7H2,(H2,11,12,14). The highest BCUT2D eigenvalue weighted by molar-refractivity contribution is 5.74. The minimum atomic E-state index is -0.391. The topological polar surface area (TPSA) is 61.4 Å². The molecule has 0 radical (unpaired) electrons. The van der Waals surface area contributed by atoms with Gasteiger partial charge in [0.15, 0.2) is 0 Å². The zero-order valence-corrected chi connectivity index (χ0v) is 8.33. The second-order valence-corrected chi connectivity index (χ2v) is 3.60. The van der Waals surface area contributed by atoms with E-state index in [2.05, 4.69) is 17.2 Å². The molecule has 1 fully saturated rings. The third-order valence-electron chi connectivity index (χ3n) is 2.45. The summed E-state index contributed by atoms with van der Waals surface area (Å²) in [7, 11) is 0. The number of carbonyl (C=O) groups is 1. The molecule has 2 unspecified atom stereocenters. The highest BCUT2D eigenvalue weighted by atomic mass is 16.3. The van der Waals surface area contributed by atoms with Gasteiger partial charge < -0.3 is 15.7 Å². The van der Waals surface area contributed by atoms with Crippen molar-refractivity contribution in [3.63, 3.8) is 0 Å². The van der Waals surface area contributed by atoms with Crippen molar-refractivity contribution in [2.45, 2.75) is 37.8 Å². The number of nitrogens with one attached hydrogen (secondary N) is 2. The fourth-order valence-electron chi connectivity index (χ4n) is 1.66. The Morgan fingerprint density at radius 3 is 2.86 bits per heavy atom. The van der Waals surface area contributed by atoms with Gasteiger partial charge in [-0.25, -0.2) is 4.79 Å². The van der Waals surface area contributed by atoms with Gasteiger partial charge in [-0.3, -0.25) is 0 Å². The number of hydrogen-bond acceptors (Lipinski definition) is 2. The summed E-state index contributed by atoms with van der Waals surface area (Å²) in [6.07, 6.45) is 5.00. The Hall–Kier alpha value is -1.03. The van der Waals surface area contributed by atoms with Crippen molar-refractivity contribution < 1.29 is 9.90 Å². The van der Waals surface area contributed by atoms with Crippen molar-refractivity contribution in [3.05, 3.63) is 12.7 Å². The van der Waals surface area contributed by atoms with Gasteiger partial charge in [-0.2, -0.15) is 0 Å². The van der Waals surface area contributed by atoms with Crippen molar-refractivity contribution in [1.82, 2.24) is 10.6 Å². The molecule has 2 amide bonds. The van der Waals surface area contributed by atoms with E-state index in [1.54, 1.807) is 6.08 Å². The van der Waals surface area contributed by atoms with Crippen LogP contribution in [0.15, 0.2) is 12.7 Å². The quantitative estimate of drug-likeness (QED) is 0.587. The van der Waals surface area contributed by atoms with E-state index in [0.29, 0.717) is 6.54 Å². The molecule has 4 heteroatoms. The Morgan fingerprint density at radius 1 is 1.50 bits per heavy atom. The van der Waals surface area contributed by atoms with Gasteiger partial charge in [0.1, 0.15) is 0 Å². The Balaban J connectivity index is 2.27. The highest BCUT2D eigenvalue weighted by Gasteiger charge is 2.23. The van der Waals surface area contributed by atoms with Crippen molar-refractivity contribution in [2.75, 3.05) is 6.54 Å². The Kier molecular flexibility index (Phi) is 4.46. The van der Waals surface area contributed by atoms with Gasteiger partial charge in [-0.05, 0) is 12.8 Å². The first-order chi connectivity index (χ1) is 6.74. The molecule has 0 aromatic heterocycles. The van der Waals surface area contributed by atoms with Gasteiger partial charge in [0, 0.05) is 6.54 Å². The lowest BCUT2D eigenvalue weighted by molar-refractivity contribution is 0.0944. The van der Waals surface area contributed by atoms with Crippen LogP contribution >= 0.6 is 0 Å². The molecular weight excluding hydrogens is 180 g/mol. The molecule has 0 saturated heterocycles. The van der Waals surface area contributed by atoms with Crippen LogP contribution in [0.4, 0.5) is 4.79 Å². The van der Waals surface area contributed by atoms with E-state index in [-0.39, 0.29) is 12.1 Å². The van der Waals surface area contributed by atoms with Crippen LogP contribution in [0, 0.1) is 0 Å². The smallest absolute Gasteiger partial charge is 0.315 e. The largest absolute Gasteiger partial charge is 0.391 e. The van der Waals surface area contributed by atoms with Gasteiger partial charge >= 0.3 is 6.03 Å². The summed E-state index contributed by atoms with van der Waals surface area (Å²) in [5.41, 5.74) is 0. The zero-order chi connectivity index (χ0) is 10.4. The second kappa shape index (κ2) is 5.65. The maximum Gasteiger partial charge on any atom is 0.315 e. The van der Waals surface area contributed by atoms with Crippen molar-refractivity contribution in [3.8, 4) is 0 Å². The average Bonchev–Trinajstić information content (AvgIpc) is 2.18. The van der Waals surface area contributed by atoms with Gasteiger partial charge in [0.2, 0.25) is 0 Å². The Labute approximate surface area is 84.4 Å². The summed E-state index contributed by atoms with van der Waals surface area (Å²) in [5.74, 6) is 0. The maximum atomic E-state index is 11.2. The first-order valence-electron chi connectivity index (χ1n) is 5.07. The molecule has 80 valence electrons. The van der Waals surface area contributed by atoms with Crippen LogP contribution < -0.4 is 10.6 Å². The van der Waals surface area contributed by atoms with Gasteiger partial charge in [0.05, 0.1) is 12.1 Å². The van der Waals surface area contributed by atoms with Crippen LogP contribution in [0.1, 0.15) is 25.7 Å². The van der Waals surface area contributed by atoms with E-state index < -0.39 is 6.10 Å². The molecule has 1 rings (SSSR count). The predicted octanol–water partition coefficient (Wildman–Crippen LogP) is 0.775.